The summed E-state index contributed by atoms with van der Waals surface area (Å²) in [5, 5.41) is 10.3. The second kappa shape index (κ2) is 9.30. The van der Waals surface area contributed by atoms with Crippen molar-refractivity contribution in [2.75, 3.05) is 5.75 Å². The summed E-state index contributed by atoms with van der Waals surface area (Å²) in [6, 6.07) is 13.4. The van der Waals surface area contributed by atoms with Crippen LogP contribution in [0, 0.1) is 0 Å². The van der Waals surface area contributed by atoms with Gasteiger partial charge in [0.25, 0.3) is 5.56 Å². The van der Waals surface area contributed by atoms with Crippen LogP contribution in [0.4, 0.5) is 0 Å². The Hall–Kier alpha value is -2.91. The number of rotatable bonds is 6. The summed E-state index contributed by atoms with van der Waals surface area (Å²) in [7, 11) is 0. The number of thiophene rings is 1. The van der Waals surface area contributed by atoms with E-state index in [0.717, 1.165) is 53.6 Å². The van der Waals surface area contributed by atoms with Gasteiger partial charge in [0.05, 0.1) is 18.0 Å². The molecule has 2 aromatic rings. The molecule has 0 aliphatic carbocycles. The molecule has 0 atom stereocenters. The zero-order chi connectivity index (χ0) is 21.9. The van der Waals surface area contributed by atoms with E-state index in [1.807, 2.05) is 47.8 Å². The minimum atomic E-state index is -0.130. The van der Waals surface area contributed by atoms with Gasteiger partial charge in [0.1, 0.15) is 5.56 Å². The summed E-state index contributed by atoms with van der Waals surface area (Å²) in [5.41, 5.74) is 2.18. The fourth-order valence-electron chi connectivity index (χ4n) is 3.99. The SMILES string of the molecule is O=C(CSc1nc2nn(-c3ccccc3)c(=O)c-2c2n1CCCCC2)NCc1cccs1. The smallest absolute Gasteiger partial charge is 0.284 e. The second-order valence-electron chi connectivity index (χ2n) is 7.70. The molecule has 9 heteroatoms. The minimum Gasteiger partial charge on any atom is -0.350 e. The highest BCUT2D eigenvalue weighted by Crippen LogP contribution is 2.30. The lowest BCUT2D eigenvalue weighted by molar-refractivity contribution is -0.118. The Kier molecular flexibility index (Phi) is 6.09. The van der Waals surface area contributed by atoms with Crippen LogP contribution < -0.4 is 10.9 Å². The Morgan fingerprint density at radius 3 is 2.81 bits per heavy atom. The highest BCUT2D eigenvalue weighted by atomic mass is 32.2. The molecule has 0 saturated carbocycles. The molecule has 32 heavy (non-hydrogen) atoms. The normalized spacial score (nSPS) is 13.6. The summed E-state index contributed by atoms with van der Waals surface area (Å²) in [5.74, 6) is 0.688. The van der Waals surface area contributed by atoms with Crippen molar-refractivity contribution in [3.8, 4) is 17.1 Å². The number of nitrogens with one attached hydrogen (secondary N) is 1. The molecule has 5 rings (SSSR count). The lowest BCUT2D eigenvalue weighted by Gasteiger charge is -2.17. The van der Waals surface area contributed by atoms with E-state index in [2.05, 4.69) is 15.0 Å². The molecular formula is C23H23N5O2S2. The number of carbonyl (C=O) groups excluding carboxylic acids is 1. The maximum absolute atomic E-state index is 13.3. The van der Waals surface area contributed by atoms with Crippen molar-refractivity contribution in [1.29, 1.82) is 0 Å². The van der Waals surface area contributed by atoms with Gasteiger partial charge in [0, 0.05) is 17.1 Å². The predicted molar refractivity (Wildman–Crippen MR) is 127 cm³/mol. The Labute approximate surface area is 193 Å². The van der Waals surface area contributed by atoms with Crippen molar-refractivity contribution in [3.05, 3.63) is 68.8 Å². The van der Waals surface area contributed by atoms with Crippen molar-refractivity contribution in [3.63, 3.8) is 0 Å². The molecule has 3 aliphatic heterocycles. The van der Waals surface area contributed by atoms with E-state index in [4.69, 9.17) is 4.98 Å². The predicted octanol–water partition coefficient (Wildman–Crippen LogP) is 3.73. The van der Waals surface area contributed by atoms with Gasteiger partial charge in [0.15, 0.2) is 11.0 Å². The van der Waals surface area contributed by atoms with Gasteiger partial charge in [-0.05, 0) is 42.8 Å². The fourth-order valence-corrected chi connectivity index (χ4v) is 5.50. The highest BCUT2D eigenvalue weighted by Gasteiger charge is 2.27. The lowest BCUT2D eigenvalue weighted by Crippen LogP contribution is -2.25. The van der Waals surface area contributed by atoms with E-state index in [1.54, 1.807) is 11.3 Å². The Morgan fingerprint density at radius 2 is 2.00 bits per heavy atom. The molecule has 164 valence electrons. The van der Waals surface area contributed by atoms with E-state index < -0.39 is 0 Å². The summed E-state index contributed by atoms with van der Waals surface area (Å²) >= 11 is 3.03. The van der Waals surface area contributed by atoms with Gasteiger partial charge in [-0.15, -0.1) is 16.4 Å². The number of carbonyl (C=O) groups is 1. The molecule has 0 saturated heterocycles. The first-order valence-electron chi connectivity index (χ1n) is 10.7. The number of aromatic nitrogens is 4. The maximum atomic E-state index is 13.3. The van der Waals surface area contributed by atoms with Gasteiger partial charge < -0.3 is 9.88 Å². The van der Waals surface area contributed by atoms with Crippen LogP contribution in [0.15, 0.2) is 57.8 Å². The van der Waals surface area contributed by atoms with Gasteiger partial charge >= 0.3 is 0 Å². The van der Waals surface area contributed by atoms with E-state index in [0.29, 0.717) is 17.9 Å². The summed E-state index contributed by atoms with van der Waals surface area (Å²) in [6.07, 6.45) is 3.98. The summed E-state index contributed by atoms with van der Waals surface area (Å²) < 4.78 is 3.57. The monoisotopic (exact) mass is 465 g/mol. The van der Waals surface area contributed by atoms with Crippen LogP contribution in [0.5, 0.6) is 0 Å². The molecule has 7 nitrogen and oxygen atoms in total. The van der Waals surface area contributed by atoms with Crippen molar-refractivity contribution in [2.24, 2.45) is 0 Å². The van der Waals surface area contributed by atoms with Crippen LogP contribution in [0.2, 0.25) is 0 Å². The first kappa shape index (κ1) is 21.0. The molecule has 0 fully saturated rings. The Balaban J connectivity index is 1.46. The van der Waals surface area contributed by atoms with Crippen LogP contribution in [-0.4, -0.2) is 31.0 Å². The third kappa shape index (κ3) is 4.22. The Morgan fingerprint density at radius 1 is 1.12 bits per heavy atom. The number of hydrogen-bond acceptors (Lipinski definition) is 6. The minimum absolute atomic E-state index is 0.0346. The third-order valence-corrected chi connectivity index (χ3v) is 7.39. The lowest BCUT2D eigenvalue weighted by atomic mass is 10.1. The molecule has 1 aromatic heterocycles. The summed E-state index contributed by atoms with van der Waals surface area (Å²) in [6.45, 7) is 1.34. The number of para-hydroxylation sites is 1. The third-order valence-electron chi connectivity index (χ3n) is 5.54. The largest absolute Gasteiger partial charge is 0.350 e. The maximum Gasteiger partial charge on any atom is 0.284 e. The zero-order valence-electron chi connectivity index (χ0n) is 17.5. The molecule has 0 spiro atoms. The molecule has 0 radical (unpaired) electrons. The standard InChI is InChI=1S/C23H23N5O2S2/c29-19(24-14-17-10-7-13-31-17)15-32-23-25-21-20(18-11-5-2-6-12-27(18)23)22(30)28(26-21)16-8-3-1-4-9-16/h1,3-4,7-10,13H,2,5-6,11-12,14-15H2,(H,24,29). The first-order valence-corrected chi connectivity index (χ1v) is 12.6. The molecule has 1 N–H and O–H groups in total. The quantitative estimate of drug-likeness (QED) is 0.347. The van der Waals surface area contributed by atoms with Crippen LogP contribution in [0.1, 0.15) is 29.8 Å². The molecule has 1 aromatic carbocycles. The van der Waals surface area contributed by atoms with E-state index in [1.165, 1.54) is 16.4 Å². The van der Waals surface area contributed by atoms with Gasteiger partial charge in [-0.1, -0.05) is 42.4 Å². The van der Waals surface area contributed by atoms with Crippen LogP contribution in [0.25, 0.3) is 17.1 Å². The molecule has 1 amide bonds. The topological polar surface area (TPSA) is 81.8 Å². The summed E-state index contributed by atoms with van der Waals surface area (Å²) in [4.78, 5) is 31.5. The van der Waals surface area contributed by atoms with E-state index in [-0.39, 0.29) is 17.2 Å². The Bertz CT molecular complexity index is 1250. The van der Waals surface area contributed by atoms with Gasteiger partial charge in [0.2, 0.25) is 5.91 Å². The number of nitrogens with zero attached hydrogens (tertiary/aromatic N) is 4. The number of benzene rings is 1. The number of thioether (sulfide) groups is 1. The van der Waals surface area contributed by atoms with Crippen LogP contribution >= 0.6 is 23.1 Å². The first-order chi connectivity index (χ1) is 15.7. The fraction of sp³-hybridized carbons (Fsp3) is 0.304. The van der Waals surface area contributed by atoms with E-state index >= 15 is 0 Å². The molecule has 0 bridgehead atoms. The van der Waals surface area contributed by atoms with Crippen LogP contribution in [0.3, 0.4) is 0 Å². The van der Waals surface area contributed by atoms with Crippen molar-refractivity contribution in [1.82, 2.24) is 24.6 Å². The molecular weight excluding hydrogens is 442 g/mol. The average molecular weight is 466 g/mol. The van der Waals surface area contributed by atoms with Gasteiger partial charge in [-0.2, -0.15) is 4.68 Å². The van der Waals surface area contributed by atoms with Crippen LogP contribution in [-0.2, 0) is 24.3 Å². The molecule has 0 unspecified atom stereocenters. The van der Waals surface area contributed by atoms with Crippen molar-refractivity contribution >= 4 is 29.0 Å². The number of hydrogen-bond donors (Lipinski definition) is 1. The van der Waals surface area contributed by atoms with Gasteiger partial charge in [-0.3, -0.25) is 9.59 Å². The van der Waals surface area contributed by atoms with E-state index in [9.17, 15) is 9.59 Å². The molecule has 3 aliphatic rings. The van der Waals surface area contributed by atoms with Crippen molar-refractivity contribution in [2.45, 2.75) is 43.9 Å². The molecule has 4 heterocycles. The number of amides is 1. The van der Waals surface area contributed by atoms with Gasteiger partial charge in [-0.25, -0.2) is 4.98 Å². The highest BCUT2D eigenvalue weighted by molar-refractivity contribution is 7.99. The second-order valence-corrected chi connectivity index (χ2v) is 9.67. The number of fused-ring (bicyclic) bond motifs is 3. The zero-order valence-corrected chi connectivity index (χ0v) is 19.1. The average Bonchev–Trinajstić information content (AvgIpc) is 3.37. The van der Waals surface area contributed by atoms with Crippen molar-refractivity contribution < 1.29 is 4.79 Å².